The number of hydrogen-bond acceptors (Lipinski definition) is 3. The molecule has 18 heavy (non-hydrogen) atoms. The summed E-state index contributed by atoms with van der Waals surface area (Å²) in [5.41, 5.74) is 1.59. The fraction of sp³-hybridized carbons (Fsp3) is 0.800. The molecule has 0 saturated heterocycles. The summed E-state index contributed by atoms with van der Waals surface area (Å²) in [4.78, 5) is 11.0. The molecule has 104 valence electrons. The van der Waals surface area contributed by atoms with E-state index in [9.17, 15) is 4.79 Å². The van der Waals surface area contributed by atoms with Gasteiger partial charge in [-0.05, 0) is 42.8 Å². The first-order valence-corrected chi connectivity index (χ1v) is 8.03. The van der Waals surface area contributed by atoms with Gasteiger partial charge in [0.15, 0.2) is 0 Å². The molecule has 0 heterocycles. The fourth-order valence-electron chi connectivity index (χ4n) is 2.50. The third-order valence-electron chi connectivity index (χ3n) is 3.90. The van der Waals surface area contributed by atoms with E-state index in [2.05, 4.69) is 31.6 Å². The zero-order valence-corrected chi connectivity index (χ0v) is 12.9. The molecule has 1 aliphatic rings. The number of esters is 1. The lowest BCUT2D eigenvalue weighted by atomic mass is 9.76. The largest absolute Gasteiger partial charge is 0.468 e. The van der Waals surface area contributed by atoms with Crippen LogP contribution in [-0.2, 0) is 9.53 Å². The van der Waals surface area contributed by atoms with Crippen molar-refractivity contribution in [2.45, 2.75) is 40.0 Å². The molecule has 0 aliphatic heterocycles. The number of hydrogen-bond donors (Lipinski definition) is 0. The summed E-state index contributed by atoms with van der Waals surface area (Å²) in [7, 11) is 1.45. The number of ether oxygens (including phenoxy) is 1. The van der Waals surface area contributed by atoms with Crippen molar-refractivity contribution in [2.75, 3.05) is 18.6 Å². The topological polar surface area (TPSA) is 26.3 Å². The molecule has 1 aliphatic carbocycles. The van der Waals surface area contributed by atoms with Crippen molar-refractivity contribution >= 4 is 17.7 Å². The molecule has 0 aromatic heterocycles. The molecule has 1 rings (SSSR count). The van der Waals surface area contributed by atoms with E-state index in [1.807, 2.05) is 0 Å². The van der Waals surface area contributed by atoms with E-state index in [-0.39, 0.29) is 5.97 Å². The van der Waals surface area contributed by atoms with Crippen molar-refractivity contribution in [3.63, 3.8) is 0 Å². The molecular formula is C15H26O2S. The quantitative estimate of drug-likeness (QED) is 0.416. The Hall–Kier alpha value is -0.440. The van der Waals surface area contributed by atoms with E-state index < -0.39 is 0 Å². The molecular weight excluding hydrogens is 244 g/mol. The van der Waals surface area contributed by atoms with Crippen molar-refractivity contribution in [3.8, 4) is 0 Å². The van der Waals surface area contributed by atoms with Gasteiger partial charge >= 0.3 is 5.97 Å². The molecule has 0 N–H and O–H groups in total. The Bertz CT molecular complexity index is 297. The third-order valence-corrected chi connectivity index (χ3v) is 4.83. The van der Waals surface area contributed by atoms with Crippen LogP contribution in [0.15, 0.2) is 11.6 Å². The van der Waals surface area contributed by atoms with Crippen LogP contribution in [0.4, 0.5) is 0 Å². The average molecular weight is 270 g/mol. The first-order valence-electron chi connectivity index (χ1n) is 6.88. The summed E-state index contributed by atoms with van der Waals surface area (Å²) in [6, 6.07) is 0. The zero-order chi connectivity index (χ0) is 13.5. The standard InChI is InChI=1S/C15H26O2S/c1-11(2)14-6-5-13(12(3)9-14)7-8-18-10-15(16)17-4/h5,11-12,14H,6-10H2,1-4H3/t12-,14+/m0/s1. The van der Waals surface area contributed by atoms with E-state index >= 15 is 0 Å². The Morgan fingerprint density at radius 2 is 2.28 bits per heavy atom. The minimum Gasteiger partial charge on any atom is -0.468 e. The second-order valence-electron chi connectivity index (χ2n) is 5.53. The van der Waals surface area contributed by atoms with Crippen molar-refractivity contribution in [2.24, 2.45) is 17.8 Å². The van der Waals surface area contributed by atoms with Crippen LogP contribution in [0, 0.1) is 17.8 Å². The number of carbonyl (C=O) groups excluding carboxylic acids is 1. The maximum absolute atomic E-state index is 11.0. The maximum Gasteiger partial charge on any atom is 0.315 e. The van der Waals surface area contributed by atoms with Gasteiger partial charge in [0.1, 0.15) is 0 Å². The highest BCUT2D eigenvalue weighted by atomic mass is 32.2. The number of carbonyl (C=O) groups is 1. The second-order valence-corrected chi connectivity index (χ2v) is 6.64. The lowest BCUT2D eigenvalue weighted by Gasteiger charge is -2.30. The highest BCUT2D eigenvalue weighted by molar-refractivity contribution is 7.99. The van der Waals surface area contributed by atoms with Gasteiger partial charge in [-0.15, -0.1) is 11.8 Å². The molecule has 0 saturated carbocycles. The minimum absolute atomic E-state index is 0.120. The van der Waals surface area contributed by atoms with Gasteiger partial charge in [0, 0.05) is 0 Å². The second kappa shape index (κ2) is 7.88. The SMILES string of the molecule is COC(=O)CSCCC1=CC[C@@H](C(C)C)C[C@@H]1C. The van der Waals surface area contributed by atoms with E-state index in [1.165, 1.54) is 20.0 Å². The average Bonchev–Trinajstić information content (AvgIpc) is 2.35. The van der Waals surface area contributed by atoms with E-state index in [1.54, 1.807) is 17.3 Å². The summed E-state index contributed by atoms with van der Waals surface area (Å²) in [5.74, 6) is 3.74. The third kappa shape index (κ3) is 5.05. The summed E-state index contributed by atoms with van der Waals surface area (Å²) in [5, 5.41) is 0. The summed E-state index contributed by atoms with van der Waals surface area (Å²) < 4.78 is 4.63. The van der Waals surface area contributed by atoms with Crippen molar-refractivity contribution in [3.05, 3.63) is 11.6 Å². The highest BCUT2D eigenvalue weighted by Crippen LogP contribution is 2.34. The van der Waals surface area contributed by atoms with Gasteiger partial charge in [0.2, 0.25) is 0 Å². The van der Waals surface area contributed by atoms with Crippen LogP contribution in [0.5, 0.6) is 0 Å². The lowest BCUT2D eigenvalue weighted by molar-refractivity contribution is -0.137. The number of rotatable bonds is 6. The molecule has 3 heteroatoms. The van der Waals surface area contributed by atoms with E-state index in [0.717, 1.165) is 24.0 Å². The molecule has 0 aromatic rings. The van der Waals surface area contributed by atoms with Gasteiger partial charge in [-0.25, -0.2) is 0 Å². The van der Waals surface area contributed by atoms with Crippen molar-refractivity contribution in [1.29, 1.82) is 0 Å². The molecule has 0 bridgehead atoms. The molecule has 2 nitrogen and oxygen atoms in total. The molecule has 0 unspecified atom stereocenters. The Morgan fingerprint density at radius 1 is 1.56 bits per heavy atom. The molecule has 0 amide bonds. The van der Waals surface area contributed by atoms with Crippen LogP contribution in [-0.4, -0.2) is 24.6 Å². The van der Waals surface area contributed by atoms with Gasteiger partial charge in [0.25, 0.3) is 0 Å². The predicted molar refractivity (Wildman–Crippen MR) is 78.8 cm³/mol. The van der Waals surface area contributed by atoms with Crippen LogP contribution in [0.1, 0.15) is 40.0 Å². The summed E-state index contributed by atoms with van der Waals surface area (Å²) >= 11 is 1.67. The molecule has 0 fully saturated rings. The normalized spacial score (nSPS) is 23.9. The maximum atomic E-state index is 11.0. The zero-order valence-electron chi connectivity index (χ0n) is 12.1. The van der Waals surface area contributed by atoms with E-state index in [0.29, 0.717) is 11.7 Å². The van der Waals surface area contributed by atoms with Crippen LogP contribution < -0.4 is 0 Å². The Balaban J connectivity index is 2.28. The summed E-state index contributed by atoms with van der Waals surface area (Å²) in [6.07, 6.45) is 6.12. The van der Waals surface area contributed by atoms with Crippen LogP contribution in [0.3, 0.4) is 0 Å². The Kier molecular flexibility index (Phi) is 6.83. The van der Waals surface area contributed by atoms with Crippen molar-refractivity contribution in [1.82, 2.24) is 0 Å². The first-order chi connectivity index (χ1) is 8.54. The smallest absolute Gasteiger partial charge is 0.315 e. The predicted octanol–water partition coefficient (Wildman–Crippen LogP) is 3.91. The Morgan fingerprint density at radius 3 is 2.83 bits per heavy atom. The van der Waals surface area contributed by atoms with Gasteiger partial charge in [-0.3, -0.25) is 4.79 Å². The van der Waals surface area contributed by atoms with Gasteiger partial charge < -0.3 is 4.74 Å². The van der Waals surface area contributed by atoms with Gasteiger partial charge in [0.05, 0.1) is 12.9 Å². The van der Waals surface area contributed by atoms with Crippen LogP contribution in [0.2, 0.25) is 0 Å². The molecule has 0 aromatic carbocycles. The molecule has 0 spiro atoms. The first kappa shape index (κ1) is 15.6. The van der Waals surface area contributed by atoms with Crippen LogP contribution >= 0.6 is 11.8 Å². The minimum atomic E-state index is -0.120. The molecule has 2 atom stereocenters. The number of thioether (sulfide) groups is 1. The monoisotopic (exact) mass is 270 g/mol. The van der Waals surface area contributed by atoms with E-state index in [4.69, 9.17) is 0 Å². The van der Waals surface area contributed by atoms with Crippen LogP contribution in [0.25, 0.3) is 0 Å². The van der Waals surface area contributed by atoms with Gasteiger partial charge in [-0.1, -0.05) is 32.4 Å². The Labute approximate surface area is 116 Å². The molecule has 0 radical (unpaired) electrons. The lowest BCUT2D eigenvalue weighted by Crippen LogP contribution is -2.18. The highest BCUT2D eigenvalue weighted by Gasteiger charge is 2.22. The van der Waals surface area contributed by atoms with Crippen molar-refractivity contribution < 1.29 is 9.53 Å². The summed E-state index contributed by atoms with van der Waals surface area (Å²) in [6.45, 7) is 6.98. The fourth-order valence-corrected chi connectivity index (χ4v) is 3.31. The van der Waals surface area contributed by atoms with Gasteiger partial charge in [-0.2, -0.15) is 0 Å². The number of allylic oxidation sites excluding steroid dienone is 2. The number of methoxy groups -OCH3 is 1.